The highest BCUT2D eigenvalue weighted by molar-refractivity contribution is 8.26. The number of aliphatic imine (C=N–C) groups is 1. The van der Waals surface area contributed by atoms with Gasteiger partial charge in [-0.1, -0.05) is 32.0 Å². The highest BCUT2D eigenvalue weighted by atomic mass is 32.2. The normalized spacial score (nSPS) is 16.5. The van der Waals surface area contributed by atoms with Gasteiger partial charge in [-0.2, -0.15) is 15.1 Å². The molecule has 176 valence electrons. The van der Waals surface area contributed by atoms with Crippen molar-refractivity contribution in [3.8, 4) is 17.2 Å². The van der Waals surface area contributed by atoms with Crippen molar-refractivity contribution in [3.63, 3.8) is 0 Å². The number of ether oxygens (including phenoxy) is 3. The monoisotopic (exact) mass is 478 g/mol. The fourth-order valence-corrected chi connectivity index (χ4v) is 4.40. The molecule has 0 unspecified atom stereocenters. The first-order valence-electron chi connectivity index (χ1n) is 10.9. The highest BCUT2D eigenvalue weighted by Gasteiger charge is 2.35. The minimum atomic E-state index is -0.431. The van der Waals surface area contributed by atoms with Crippen LogP contribution in [-0.2, 0) is 4.79 Å². The average molecular weight is 479 g/mol. The molecule has 1 N–H and O–H groups in total. The molecule has 0 bridgehead atoms. The molecule has 34 heavy (non-hydrogen) atoms. The maximum atomic E-state index is 12.5. The lowest BCUT2D eigenvalue weighted by Crippen LogP contribution is -2.35. The molecule has 2 heterocycles. The molecule has 0 saturated carbocycles. The summed E-state index contributed by atoms with van der Waals surface area (Å²) in [6, 6.07) is 14.7. The summed E-state index contributed by atoms with van der Waals surface area (Å²) >= 11 is 1.35. The van der Waals surface area contributed by atoms with Crippen LogP contribution in [0.2, 0.25) is 0 Å². The fraction of sp³-hybridized carbons (Fsp3) is 0.280. The molecule has 2 aromatic rings. The van der Waals surface area contributed by atoms with Gasteiger partial charge in [0.15, 0.2) is 5.84 Å². The van der Waals surface area contributed by atoms with Gasteiger partial charge >= 0.3 is 0 Å². The zero-order valence-electron chi connectivity index (χ0n) is 19.3. The summed E-state index contributed by atoms with van der Waals surface area (Å²) in [6.45, 7) is 4.97. The fourth-order valence-electron chi connectivity index (χ4n) is 3.30. The Morgan fingerprint density at radius 3 is 2.47 bits per heavy atom. The summed E-state index contributed by atoms with van der Waals surface area (Å²) in [4.78, 5) is 16.7. The van der Waals surface area contributed by atoms with Crippen LogP contribution in [-0.4, -0.2) is 47.3 Å². The maximum Gasteiger partial charge on any atom is 0.283 e. The number of amides is 1. The van der Waals surface area contributed by atoms with Gasteiger partial charge in [-0.05, 0) is 53.6 Å². The van der Waals surface area contributed by atoms with E-state index in [0.29, 0.717) is 35.8 Å². The summed E-state index contributed by atoms with van der Waals surface area (Å²) in [5.41, 5.74) is 0.976. The molecule has 9 heteroatoms. The minimum absolute atomic E-state index is 0.0382. The van der Waals surface area contributed by atoms with Crippen molar-refractivity contribution in [2.75, 3.05) is 20.3 Å². The molecule has 0 radical (unpaired) electrons. The Bertz CT molecular complexity index is 1170. The van der Waals surface area contributed by atoms with Crippen molar-refractivity contribution in [3.05, 3.63) is 59.7 Å². The number of carbonyl (C=O) groups is 1. The smallest absolute Gasteiger partial charge is 0.283 e. The van der Waals surface area contributed by atoms with E-state index in [1.165, 1.54) is 16.8 Å². The number of fused-ring (bicyclic) bond motifs is 1. The summed E-state index contributed by atoms with van der Waals surface area (Å²) in [7, 11) is 1.61. The van der Waals surface area contributed by atoms with E-state index in [1.54, 1.807) is 13.2 Å². The molecule has 0 fully saturated rings. The van der Waals surface area contributed by atoms with Crippen LogP contribution in [0.5, 0.6) is 17.2 Å². The Balaban J connectivity index is 1.34. The van der Waals surface area contributed by atoms with E-state index in [0.717, 1.165) is 22.8 Å². The van der Waals surface area contributed by atoms with E-state index in [9.17, 15) is 4.79 Å². The van der Waals surface area contributed by atoms with Gasteiger partial charge < -0.3 is 14.2 Å². The molecule has 2 aromatic carbocycles. The van der Waals surface area contributed by atoms with Gasteiger partial charge in [0.2, 0.25) is 5.17 Å². The second kappa shape index (κ2) is 10.6. The van der Waals surface area contributed by atoms with E-state index in [4.69, 9.17) is 19.6 Å². The predicted octanol–water partition coefficient (Wildman–Crippen LogP) is 4.82. The second-order valence-electron chi connectivity index (χ2n) is 8.06. The Morgan fingerprint density at radius 1 is 1.06 bits per heavy atom. The van der Waals surface area contributed by atoms with E-state index < -0.39 is 5.91 Å². The zero-order valence-corrected chi connectivity index (χ0v) is 20.1. The predicted molar refractivity (Wildman–Crippen MR) is 135 cm³/mol. The highest BCUT2D eigenvalue weighted by Crippen LogP contribution is 2.30. The van der Waals surface area contributed by atoms with Gasteiger partial charge in [0, 0.05) is 12.5 Å². The van der Waals surface area contributed by atoms with Crippen molar-refractivity contribution >= 4 is 39.8 Å². The third kappa shape index (κ3) is 5.66. The Hall–Kier alpha value is -3.59. The number of nitrogens with one attached hydrogen (secondary N) is 1. The van der Waals surface area contributed by atoms with Gasteiger partial charge in [-0.25, -0.2) is 0 Å². The molecule has 0 saturated heterocycles. The lowest BCUT2D eigenvalue weighted by atomic mass is 10.1. The van der Waals surface area contributed by atoms with Crippen molar-refractivity contribution < 1.29 is 19.0 Å². The number of thioether (sulfide) groups is 1. The molecule has 0 aliphatic carbocycles. The molecule has 0 spiro atoms. The number of rotatable bonds is 9. The zero-order chi connectivity index (χ0) is 24.1. The lowest BCUT2D eigenvalue weighted by Gasteiger charge is -2.20. The van der Waals surface area contributed by atoms with Crippen molar-refractivity contribution in [1.29, 1.82) is 5.41 Å². The molecule has 0 atom stereocenters. The van der Waals surface area contributed by atoms with E-state index in [2.05, 4.69) is 23.9 Å². The van der Waals surface area contributed by atoms with Gasteiger partial charge in [0.25, 0.3) is 5.91 Å². The Labute approximate surface area is 202 Å². The van der Waals surface area contributed by atoms with Crippen LogP contribution in [0, 0.1) is 11.3 Å². The number of hydrogen-bond acceptors (Lipinski definition) is 7. The average Bonchev–Trinajstić information content (AvgIpc) is 3.22. The Morgan fingerprint density at radius 2 is 1.76 bits per heavy atom. The first-order valence-corrected chi connectivity index (χ1v) is 11.7. The number of nitrogens with zero attached hydrogens (tertiary/aromatic N) is 3. The van der Waals surface area contributed by atoms with Crippen LogP contribution >= 0.6 is 11.8 Å². The van der Waals surface area contributed by atoms with Crippen molar-refractivity contribution in [1.82, 2.24) is 5.01 Å². The van der Waals surface area contributed by atoms with Gasteiger partial charge in [0.05, 0.1) is 12.7 Å². The second-order valence-corrected chi connectivity index (χ2v) is 9.10. The molecular weight excluding hydrogens is 452 g/mol. The summed E-state index contributed by atoms with van der Waals surface area (Å²) < 4.78 is 16.6. The van der Waals surface area contributed by atoms with Crippen LogP contribution in [0.1, 0.15) is 25.8 Å². The quantitative estimate of drug-likeness (QED) is 0.410. The van der Waals surface area contributed by atoms with Crippen LogP contribution in [0.4, 0.5) is 0 Å². The number of hydrazone groups is 1. The first-order chi connectivity index (χ1) is 16.4. The number of benzene rings is 2. The van der Waals surface area contributed by atoms with Crippen LogP contribution in [0.3, 0.4) is 0 Å². The number of amidine groups is 2. The third-order valence-corrected chi connectivity index (χ3v) is 5.86. The molecule has 2 aliphatic heterocycles. The summed E-state index contributed by atoms with van der Waals surface area (Å²) in [5, 5.41) is 15.7. The van der Waals surface area contributed by atoms with Crippen LogP contribution in [0.25, 0.3) is 6.08 Å². The van der Waals surface area contributed by atoms with Crippen LogP contribution in [0.15, 0.2) is 64.2 Å². The van der Waals surface area contributed by atoms with Gasteiger partial charge in [0.1, 0.15) is 35.5 Å². The molecule has 0 aromatic heterocycles. The van der Waals surface area contributed by atoms with Crippen molar-refractivity contribution in [2.24, 2.45) is 16.0 Å². The largest absolute Gasteiger partial charge is 0.497 e. The lowest BCUT2D eigenvalue weighted by molar-refractivity contribution is -0.114. The SMILES string of the molecule is COc1cccc(OCCOc2ccc(C=C3C(=N)N4N=C(CC(C)C)SC4=NC3=O)cc2)c1. The van der Waals surface area contributed by atoms with E-state index in [-0.39, 0.29) is 11.4 Å². The first kappa shape index (κ1) is 23.6. The summed E-state index contributed by atoms with van der Waals surface area (Å²) in [6.07, 6.45) is 2.44. The molecular formula is C25H26N4O4S. The van der Waals surface area contributed by atoms with Gasteiger partial charge in [-0.3, -0.25) is 10.2 Å². The molecule has 8 nitrogen and oxygen atoms in total. The maximum absolute atomic E-state index is 12.5. The number of methoxy groups -OCH3 is 1. The van der Waals surface area contributed by atoms with Crippen molar-refractivity contribution in [2.45, 2.75) is 20.3 Å². The molecule has 4 rings (SSSR count). The third-order valence-electron chi connectivity index (χ3n) is 4.93. The Kier molecular flexibility index (Phi) is 7.32. The van der Waals surface area contributed by atoms with Gasteiger partial charge in [-0.15, -0.1) is 0 Å². The van der Waals surface area contributed by atoms with Crippen LogP contribution < -0.4 is 14.2 Å². The molecule has 2 aliphatic rings. The number of hydrogen-bond donors (Lipinski definition) is 1. The standard InChI is InChI=1S/C25H26N4O4S/c1-16(2)13-22-28-29-23(26)21(24(30)27-25(29)34-22)14-17-7-9-18(10-8-17)32-11-12-33-20-6-4-5-19(15-20)31-3/h4-10,14-16,26H,11-13H2,1-3H3. The topological polar surface area (TPSA) is 96.6 Å². The van der Waals surface area contributed by atoms with E-state index >= 15 is 0 Å². The van der Waals surface area contributed by atoms with E-state index in [1.807, 2.05) is 48.5 Å². The molecule has 1 amide bonds. The summed E-state index contributed by atoms with van der Waals surface area (Å²) in [5.74, 6) is 2.17. The number of carbonyl (C=O) groups excluding carboxylic acids is 1. The minimum Gasteiger partial charge on any atom is -0.497 e.